The second-order valence-corrected chi connectivity index (χ2v) is 7.39. The highest BCUT2D eigenvalue weighted by molar-refractivity contribution is 5.89. The van der Waals surface area contributed by atoms with E-state index < -0.39 is 60.4 Å². The van der Waals surface area contributed by atoms with Gasteiger partial charge in [0.1, 0.15) is 31.0 Å². The first-order chi connectivity index (χ1) is 15.2. The van der Waals surface area contributed by atoms with Crippen LogP contribution in [0.25, 0.3) is 0 Å². The third-order valence-electron chi connectivity index (χ3n) is 5.12. The molecule has 11 nitrogen and oxygen atoms in total. The largest absolute Gasteiger partial charge is 0.456 e. The number of carbonyl (C=O) groups excluding carboxylic acids is 2. The molecule has 0 saturated carbocycles. The minimum Gasteiger partial charge on any atom is -0.456 e. The number of aromatic amines is 1. The molecule has 0 unspecified atom stereocenters. The van der Waals surface area contributed by atoms with Gasteiger partial charge in [0.2, 0.25) is 5.91 Å². The van der Waals surface area contributed by atoms with Gasteiger partial charge in [-0.1, -0.05) is 18.2 Å². The van der Waals surface area contributed by atoms with Gasteiger partial charge in [0.25, 0.3) is 5.56 Å². The molecule has 5 atom stereocenters. The Bertz CT molecular complexity index is 1080. The third-order valence-corrected chi connectivity index (χ3v) is 5.12. The molecule has 1 amide bonds. The average molecular weight is 447 g/mol. The number of amides is 1. The molecular formula is C21H25N3O8. The Hall–Kier alpha value is -3.28. The average Bonchev–Trinajstić information content (AvgIpc) is 3.11. The predicted octanol–water partition coefficient (Wildman–Crippen LogP) is -0.520. The van der Waals surface area contributed by atoms with E-state index in [9.17, 15) is 24.3 Å². The van der Waals surface area contributed by atoms with Gasteiger partial charge in [0, 0.05) is 18.8 Å². The summed E-state index contributed by atoms with van der Waals surface area (Å²) in [5.41, 5.74) is -0.779. The standard InChI is InChI=1S/C21H25N3O8/c1-11-9-24(21(29)23-18(11)27)19-17(30-10-14(25)22-3)15(26)16(32-19)12(2)31-20(28)13-7-5-4-6-8-13/h4-9,12,15-17,19,26H,10H2,1-3H3,(H,22,25)(H,23,27,29)/t12-,15-,16-,17-,19-/m1/s1. The zero-order valence-corrected chi connectivity index (χ0v) is 17.8. The number of carbonyl (C=O) groups is 2. The molecule has 1 aliphatic heterocycles. The summed E-state index contributed by atoms with van der Waals surface area (Å²) in [6.07, 6.45) is -4.39. The van der Waals surface area contributed by atoms with Gasteiger partial charge in [0.05, 0.1) is 5.56 Å². The summed E-state index contributed by atoms with van der Waals surface area (Å²) in [5, 5.41) is 13.3. The summed E-state index contributed by atoms with van der Waals surface area (Å²) in [6.45, 7) is 2.64. The lowest BCUT2D eigenvalue weighted by Gasteiger charge is -2.23. The maximum Gasteiger partial charge on any atom is 0.338 e. The van der Waals surface area contributed by atoms with E-state index in [-0.39, 0.29) is 5.56 Å². The molecule has 3 rings (SSSR count). The lowest BCUT2D eigenvalue weighted by Crippen LogP contribution is -2.42. The number of likely N-dealkylation sites (N-methyl/N-ethyl adjacent to an activating group) is 1. The Labute approximate surface area is 182 Å². The minimum atomic E-state index is -1.35. The number of ether oxygens (including phenoxy) is 3. The van der Waals surface area contributed by atoms with Crippen LogP contribution in [-0.4, -0.2) is 64.6 Å². The number of nitrogens with zero attached hydrogens (tertiary/aromatic N) is 1. The number of rotatable bonds is 7. The van der Waals surface area contributed by atoms with Crippen molar-refractivity contribution < 1.29 is 28.9 Å². The van der Waals surface area contributed by atoms with Crippen LogP contribution in [-0.2, 0) is 19.0 Å². The van der Waals surface area contributed by atoms with E-state index in [2.05, 4.69) is 10.3 Å². The highest BCUT2D eigenvalue weighted by Crippen LogP contribution is 2.33. The van der Waals surface area contributed by atoms with Gasteiger partial charge in [-0.2, -0.15) is 0 Å². The molecule has 1 aliphatic rings. The number of aliphatic hydroxyl groups is 1. The Morgan fingerprint density at radius 2 is 1.97 bits per heavy atom. The fourth-order valence-electron chi connectivity index (χ4n) is 3.37. The normalized spacial score (nSPS) is 23.5. The van der Waals surface area contributed by atoms with Gasteiger partial charge in [0.15, 0.2) is 6.23 Å². The highest BCUT2D eigenvalue weighted by Gasteiger charge is 2.49. The van der Waals surface area contributed by atoms with E-state index in [0.29, 0.717) is 5.56 Å². The van der Waals surface area contributed by atoms with Crippen molar-refractivity contribution in [2.45, 2.75) is 44.5 Å². The number of aryl methyl sites for hydroxylation is 1. The smallest absolute Gasteiger partial charge is 0.338 e. The van der Waals surface area contributed by atoms with Crippen LogP contribution in [0.15, 0.2) is 46.1 Å². The fourth-order valence-corrected chi connectivity index (χ4v) is 3.37. The van der Waals surface area contributed by atoms with Crippen LogP contribution >= 0.6 is 0 Å². The highest BCUT2D eigenvalue weighted by atomic mass is 16.6. The van der Waals surface area contributed by atoms with Gasteiger partial charge in [-0.15, -0.1) is 0 Å². The van der Waals surface area contributed by atoms with Crippen LogP contribution in [0, 0.1) is 6.92 Å². The molecule has 172 valence electrons. The quantitative estimate of drug-likeness (QED) is 0.480. The molecular weight excluding hydrogens is 422 g/mol. The zero-order valence-electron chi connectivity index (χ0n) is 17.8. The molecule has 0 aliphatic carbocycles. The Morgan fingerprint density at radius 1 is 1.28 bits per heavy atom. The predicted molar refractivity (Wildman–Crippen MR) is 111 cm³/mol. The van der Waals surface area contributed by atoms with Gasteiger partial charge in [-0.25, -0.2) is 9.59 Å². The second-order valence-electron chi connectivity index (χ2n) is 7.39. The van der Waals surface area contributed by atoms with E-state index in [4.69, 9.17) is 14.2 Å². The van der Waals surface area contributed by atoms with Gasteiger partial charge < -0.3 is 24.6 Å². The lowest BCUT2D eigenvalue weighted by molar-refractivity contribution is -0.132. The van der Waals surface area contributed by atoms with Gasteiger partial charge >= 0.3 is 11.7 Å². The molecule has 2 heterocycles. The summed E-state index contributed by atoms with van der Waals surface area (Å²) < 4.78 is 17.9. The lowest BCUT2D eigenvalue weighted by atomic mass is 10.1. The van der Waals surface area contributed by atoms with Crippen molar-refractivity contribution in [2.24, 2.45) is 0 Å². The maximum atomic E-state index is 12.4. The SMILES string of the molecule is CNC(=O)CO[C@@H]1[C@H](O)[C@@H]([C@@H](C)OC(=O)c2ccccc2)O[C@H]1n1cc(C)c(=O)[nH]c1=O. The van der Waals surface area contributed by atoms with Gasteiger partial charge in [-0.05, 0) is 26.0 Å². The van der Waals surface area contributed by atoms with Crippen molar-refractivity contribution in [3.63, 3.8) is 0 Å². The van der Waals surface area contributed by atoms with Crippen LogP contribution in [0.3, 0.4) is 0 Å². The van der Waals surface area contributed by atoms with Crippen molar-refractivity contribution >= 4 is 11.9 Å². The Balaban J connectivity index is 1.86. The topological polar surface area (TPSA) is 149 Å². The summed E-state index contributed by atoms with van der Waals surface area (Å²) in [6, 6.07) is 8.30. The molecule has 0 bridgehead atoms. The fraction of sp³-hybridized carbons (Fsp3) is 0.429. The molecule has 0 spiro atoms. The van der Waals surface area contributed by atoms with E-state index >= 15 is 0 Å². The van der Waals surface area contributed by atoms with Crippen LogP contribution < -0.4 is 16.6 Å². The molecule has 32 heavy (non-hydrogen) atoms. The van der Waals surface area contributed by atoms with E-state index in [1.165, 1.54) is 27.1 Å². The number of aromatic nitrogens is 2. The van der Waals surface area contributed by atoms with Crippen molar-refractivity contribution in [1.82, 2.24) is 14.9 Å². The zero-order chi connectivity index (χ0) is 23.4. The number of hydrogen-bond acceptors (Lipinski definition) is 8. The second kappa shape index (κ2) is 9.90. The molecule has 1 saturated heterocycles. The molecule has 1 fully saturated rings. The Kier molecular flexibility index (Phi) is 7.23. The molecule has 1 aromatic carbocycles. The Morgan fingerprint density at radius 3 is 2.62 bits per heavy atom. The maximum absolute atomic E-state index is 12.4. The number of esters is 1. The van der Waals surface area contributed by atoms with Crippen LogP contribution in [0.4, 0.5) is 0 Å². The molecule has 1 aromatic heterocycles. The number of hydrogen-bond donors (Lipinski definition) is 3. The van der Waals surface area contributed by atoms with Crippen LogP contribution in [0.2, 0.25) is 0 Å². The minimum absolute atomic E-state index is 0.236. The van der Waals surface area contributed by atoms with Crippen molar-refractivity contribution in [3.05, 3.63) is 68.5 Å². The first-order valence-corrected chi connectivity index (χ1v) is 9.96. The molecule has 3 N–H and O–H groups in total. The van der Waals surface area contributed by atoms with Crippen LogP contribution in [0.5, 0.6) is 0 Å². The monoisotopic (exact) mass is 447 g/mol. The number of benzene rings is 1. The van der Waals surface area contributed by atoms with E-state index in [1.807, 2.05) is 0 Å². The summed E-state index contributed by atoms with van der Waals surface area (Å²) in [5.74, 6) is -1.06. The first kappa shape index (κ1) is 23.4. The number of nitrogens with one attached hydrogen (secondary N) is 2. The first-order valence-electron chi connectivity index (χ1n) is 9.96. The van der Waals surface area contributed by atoms with E-state index in [1.54, 1.807) is 30.3 Å². The summed E-state index contributed by atoms with van der Waals surface area (Å²) in [4.78, 5) is 50.3. The number of aliphatic hydroxyl groups excluding tert-OH is 1. The summed E-state index contributed by atoms with van der Waals surface area (Å²) >= 11 is 0. The summed E-state index contributed by atoms with van der Waals surface area (Å²) in [7, 11) is 1.43. The third kappa shape index (κ3) is 4.96. The molecule has 0 radical (unpaired) electrons. The molecule has 2 aromatic rings. The van der Waals surface area contributed by atoms with Crippen LogP contribution in [0.1, 0.15) is 29.1 Å². The van der Waals surface area contributed by atoms with E-state index in [0.717, 1.165) is 4.57 Å². The van der Waals surface area contributed by atoms with Crippen molar-refractivity contribution in [3.8, 4) is 0 Å². The number of H-pyrrole nitrogens is 1. The van der Waals surface area contributed by atoms with Crippen molar-refractivity contribution in [2.75, 3.05) is 13.7 Å². The van der Waals surface area contributed by atoms with Crippen molar-refractivity contribution in [1.29, 1.82) is 0 Å². The van der Waals surface area contributed by atoms with Gasteiger partial charge in [-0.3, -0.25) is 19.1 Å². The molecule has 11 heteroatoms.